The van der Waals surface area contributed by atoms with Crippen LogP contribution < -0.4 is 9.47 Å². The second-order valence-corrected chi connectivity index (χ2v) is 5.88. The third-order valence-electron chi connectivity index (χ3n) is 3.76. The summed E-state index contributed by atoms with van der Waals surface area (Å²) in [5.41, 5.74) is 2.34. The normalized spacial score (nSPS) is 10.9. The van der Waals surface area contributed by atoms with E-state index in [2.05, 4.69) is 50.3 Å². The maximum Gasteiger partial charge on any atom is 0.119 e. The monoisotopic (exact) mass is 324 g/mol. The van der Waals surface area contributed by atoms with Crippen LogP contribution in [0.5, 0.6) is 11.5 Å². The fourth-order valence-electron chi connectivity index (χ4n) is 2.21. The second kappa shape index (κ2) is 10.5. The fourth-order valence-corrected chi connectivity index (χ4v) is 2.21. The van der Waals surface area contributed by atoms with Crippen LogP contribution in [0.1, 0.15) is 50.7 Å². The molecule has 0 radical (unpaired) electrons. The molecule has 0 N–H and O–H groups in total. The highest BCUT2D eigenvalue weighted by Crippen LogP contribution is 2.17. The van der Waals surface area contributed by atoms with Crippen molar-refractivity contribution < 1.29 is 9.47 Å². The summed E-state index contributed by atoms with van der Waals surface area (Å²) in [4.78, 5) is 0. The summed E-state index contributed by atoms with van der Waals surface area (Å²) in [5.74, 6) is 1.88. The molecule has 0 saturated heterocycles. The minimum absolute atomic E-state index is 0.790. The van der Waals surface area contributed by atoms with Crippen molar-refractivity contribution in [1.82, 2.24) is 0 Å². The number of rotatable bonds is 10. The Kier molecular flexibility index (Phi) is 7.96. The van der Waals surface area contributed by atoms with Crippen molar-refractivity contribution in [2.45, 2.75) is 39.5 Å². The summed E-state index contributed by atoms with van der Waals surface area (Å²) in [5, 5.41) is 0. The van der Waals surface area contributed by atoms with Crippen molar-refractivity contribution in [3.05, 3.63) is 59.7 Å². The van der Waals surface area contributed by atoms with Crippen LogP contribution in [0.25, 0.3) is 12.2 Å². The highest BCUT2D eigenvalue weighted by molar-refractivity contribution is 5.70. The zero-order valence-electron chi connectivity index (χ0n) is 14.8. The summed E-state index contributed by atoms with van der Waals surface area (Å²) in [7, 11) is 0. The van der Waals surface area contributed by atoms with Crippen molar-refractivity contribution in [3.8, 4) is 11.5 Å². The zero-order chi connectivity index (χ0) is 17.0. The van der Waals surface area contributed by atoms with Crippen LogP contribution in [0.4, 0.5) is 0 Å². The number of hydrogen-bond donors (Lipinski definition) is 0. The van der Waals surface area contributed by atoms with E-state index >= 15 is 0 Å². The standard InChI is InChI=1S/C22H28O2/c1-3-5-17-23-21-13-9-19(10-14-21)7-8-20-11-15-22(16-12-20)24-18-6-4-2/h7-16H,3-6,17-18H2,1-2H3. The van der Waals surface area contributed by atoms with Crippen LogP contribution in [0.2, 0.25) is 0 Å². The van der Waals surface area contributed by atoms with E-state index in [9.17, 15) is 0 Å². The number of hydrogen-bond acceptors (Lipinski definition) is 2. The van der Waals surface area contributed by atoms with Crippen molar-refractivity contribution in [1.29, 1.82) is 0 Å². The van der Waals surface area contributed by atoms with Crippen molar-refractivity contribution >= 4 is 12.2 Å². The molecule has 128 valence electrons. The first kappa shape index (κ1) is 18.1. The van der Waals surface area contributed by atoms with E-state index in [4.69, 9.17) is 9.47 Å². The predicted molar refractivity (Wildman–Crippen MR) is 103 cm³/mol. The molecule has 2 aromatic carbocycles. The third-order valence-corrected chi connectivity index (χ3v) is 3.76. The minimum Gasteiger partial charge on any atom is -0.494 e. The van der Waals surface area contributed by atoms with Crippen molar-refractivity contribution in [2.24, 2.45) is 0 Å². The van der Waals surface area contributed by atoms with E-state index in [0.29, 0.717) is 0 Å². The molecule has 0 aliphatic rings. The Morgan fingerprint density at radius 3 is 1.33 bits per heavy atom. The van der Waals surface area contributed by atoms with Gasteiger partial charge in [-0.1, -0.05) is 63.1 Å². The Balaban J connectivity index is 1.86. The van der Waals surface area contributed by atoms with Crippen molar-refractivity contribution in [2.75, 3.05) is 13.2 Å². The van der Waals surface area contributed by atoms with Gasteiger partial charge in [0.2, 0.25) is 0 Å². The van der Waals surface area contributed by atoms with Crippen LogP contribution >= 0.6 is 0 Å². The van der Waals surface area contributed by atoms with Crippen molar-refractivity contribution in [3.63, 3.8) is 0 Å². The summed E-state index contributed by atoms with van der Waals surface area (Å²) in [6.45, 7) is 5.92. The fraction of sp³-hybridized carbons (Fsp3) is 0.364. The SMILES string of the molecule is CCCCOc1ccc(C=Cc2ccc(OCCCC)cc2)cc1. The maximum absolute atomic E-state index is 5.68. The van der Waals surface area contributed by atoms with E-state index in [-0.39, 0.29) is 0 Å². The molecule has 0 aliphatic carbocycles. The molecule has 2 aromatic rings. The number of unbranched alkanes of at least 4 members (excludes halogenated alkanes) is 2. The molecular formula is C22H28O2. The average Bonchev–Trinajstić information content (AvgIpc) is 2.63. The molecule has 0 fully saturated rings. The molecule has 24 heavy (non-hydrogen) atoms. The first-order valence-electron chi connectivity index (χ1n) is 8.95. The van der Waals surface area contributed by atoms with Gasteiger partial charge in [-0.15, -0.1) is 0 Å². The molecule has 0 bridgehead atoms. The van der Waals surface area contributed by atoms with Gasteiger partial charge >= 0.3 is 0 Å². The van der Waals surface area contributed by atoms with Gasteiger partial charge < -0.3 is 9.47 Å². The van der Waals surface area contributed by atoms with Crippen LogP contribution in [0.15, 0.2) is 48.5 Å². The lowest BCUT2D eigenvalue weighted by Crippen LogP contribution is -1.96. The van der Waals surface area contributed by atoms with E-state index < -0.39 is 0 Å². The van der Waals surface area contributed by atoms with Gasteiger partial charge in [-0.2, -0.15) is 0 Å². The smallest absolute Gasteiger partial charge is 0.119 e. The molecule has 0 unspecified atom stereocenters. The lowest BCUT2D eigenvalue weighted by Gasteiger charge is -2.05. The Morgan fingerprint density at radius 2 is 1.00 bits per heavy atom. The molecular weight excluding hydrogens is 296 g/mol. The second-order valence-electron chi connectivity index (χ2n) is 5.88. The average molecular weight is 324 g/mol. The lowest BCUT2D eigenvalue weighted by molar-refractivity contribution is 0.309. The van der Waals surface area contributed by atoms with Crippen LogP contribution in [0.3, 0.4) is 0 Å². The number of ether oxygens (including phenoxy) is 2. The van der Waals surface area contributed by atoms with Gasteiger partial charge in [0, 0.05) is 0 Å². The minimum atomic E-state index is 0.790. The molecule has 0 heterocycles. The molecule has 2 nitrogen and oxygen atoms in total. The van der Waals surface area contributed by atoms with E-state index in [0.717, 1.165) is 50.4 Å². The Bertz CT molecular complexity index is 541. The zero-order valence-corrected chi connectivity index (χ0v) is 14.8. The molecule has 0 atom stereocenters. The molecule has 0 aliphatic heterocycles. The molecule has 2 rings (SSSR count). The molecule has 0 amide bonds. The van der Waals surface area contributed by atoms with Gasteiger partial charge in [-0.05, 0) is 48.2 Å². The third kappa shape index (κ3) is 6.49. The molecule has 2 heteroatoms. The summed E-state index contributed by atoms with van der Waals surface area (Å²) < 4.78 is 11.4. The van der Waals surface area contributed by atoms with Crippen LogP contribution in [-0.2, 0) is 0 Å². The van der Waals surface area contributed by atoms with Gasteiger partial charge in [0.25, 0.3) is 0 Å². The Hall–Kier alpha value is -2.22. The summed E-state index contributed by atoms with van der Waals surface area (Å²) in [6.07, 6.45) is 8.73. The summed E-state index contributed by atoms with van der Waals surface area (Å²) in [6, 6.07) is 16.4. The predicted octanol–water partition coefficient (Wildman–Crippen LogP) is 6.21. The largest absolute Gasteiger partial charge is 0.494 e. The van der Waals surface area contributed by atoms with Crippen LogP contribution in [0, 0.1) is 0 Å². The quantitative estimate of drug-likeness (QED) is 0.382. The van der Waals surface area contributed by atoms with E-state index in [1.807, 2.05) is 24.3 Å². The summed E-state index contributed by atoms with van der Waals surface area (Å²) >= 11 is 0. The van der Waals surface area contributed by atoms with Gasteiger partial charge in [0.15, 0.2) is 0 Å². The molecule has 0 spiro atoms. The Labute approximate surface area is 146 Å². The number of benzene rings is 2. The maximum atomic E-state index is 5.68. The van der Waals surface area contributed by atoms with Gasteiger partial charge in [0.1, 0.15) is 11.5 Å². The van der Waals surface area contributed by atoms with Gasteiger partial charge in [0.05, 0.1) is 13.2 Å². The van der Waals surface area contributed by atoms with Gasteiger partial charge in [-0.25, -0.2) is 0 Å². The van der Waals surface area contributed by atoms with Crippen LogP contribution in [-0.4, -0.2) is 13.2 Å². The highest BCUT2D eigenvalue weighted by Gasteiger charge is 1.95. The highest BCUT2D eigenvalue weighted by atomic mass is 16.5. The van der Waals surface area contributed by atoms with Gasteiger partial charge in [-0.3, -0.25) is 0 Å². The first-order chi connectivity index (χ1) is 11.8. The lowest BCUT2D eigenvalue weighted by atomic mass is 10.1. The molecule has 0 aromatic heterocycles. The van der Waals surface area contributed by atoms with E-state index in [1.54, 1.807) is 0 Å². The Morgan fingerprint density at radius 1 is 0.625 bits per heavy atom. The topological polar surface area (TPSA) is 18.5 Å². The molecule has 0 saturated carbocycles. The van der Waals surface area contributed by atoms with E-state index in [1.165, 1.54) is 11.1 Å². The first-order valence-corrected chi connectivity index (χ1v) is 8.95.